The Hall–Kier alpha value is -3.21. The second kappa shape index (κ2) is 12.8. The summed E-state index contributed by atoms with van der Waals surface area (Å²) in [5.41, 5.74) is 5.79. The first-order valence-electron chi connectivity index (χ1n) is 11.9. The first kappa shape index (κ1) is 28.8. The highest BCUT2D eigenvalue weighted by Crippen LogP contribution is 2.40. The monoisotopic (exact) mass is 592 g/mol. The standard InChI is InChI=1S/C23H28N8O5S3/c1-4-36-27-15(18-26-23(24)39-28-18)19(32)25-16-20(33)31-17(22(34)35)13(12-38-21(16)31)10-30-7-5-6-14(11-30)37-9-8-29(2)3/h5-7,11,16,21H,4,8-10,12H2,1-3H3,(H3-,24,25,26,28,32,34,35)/t16?,21-/m1/s1. The number of aromatic nitrogens is 3. The number of nitrogen functional groups attached to an aromatic ring is 1. The lowest BCUT2D eigenvalue weighted by atomic mass is 10.0. The lowest BCUT2D eigenvalue weighted by molar-refractivity contribution is -0.690. The van der Waals surface area contributed by atoms with Crippen LogP contribution in [0.2, 0.25) is 0 Å². The largest absolute Gasteiger partial charge is 0.543 e. The molecule has 0 aromatic carbocycles. The van der Waals surface area contributed by atoms with E-state index in [4.69, 9.17) is 10.6 Å². The van der Waals surface area contributed by atoms with Crippen LogP contribution < -0.4 is 20.7 Å². The van der Waals surface area contributed by atoms with Gasteiger partial charge >= 0.3 is 0 Å². The maximum absolute atomic E-state index is 13.1. The van der Waals surface area contributed by atoms with Gasteiger partial charge in [0, 0.05) is 41.2 Å². The number of oxime groups is 1. The second-order valence-corrected chi connectivity index (χ2v) is 11.8. The molecule has 4 rings (SSSR count). The molecule has 0 spiro atoms. The van der Waals surface area contributed by atoms with Gasteiger partial charge < -0.3 is 30.7 Å². The number of amides is 2. The van der Waals surface area contributed by atoms with E-state index >= 15 is 0 Å². The molecule has 2 atom stereocenters. The first-order chi connectivity index (χ1) is 18.7. The normalized spacial score (nSPS) is 19.1. The number of nitrogens with zero attached hydrogens (tertiary/aromatic N) is 6. The molecule has 2 aromatic heterocycles. The highest BCUT2D eigenvalue weighted by Gasteiger charge is 2.53. The van der Waals surface area contributed by atoms with Crippen molar-refractivity contribution in [1.82, 2.24) is 24.5 Å². The predicted octanol–water partition coefficient (Wildman–Crippen LogP) is -1.09. The minimum Gasteiger partial charge on any atom is -0.543 e. The van der Waals surface area contributed by atoms with Crippen molar-refractivity contribution in [1.29, 1.82) is 0 Å². The van der Waals surface area contributed by atoms with E-state index in [1.54, 1.807) is 18.7 Å². The number of carboxylic acid groups (broad SMARTS) is 1. The van der Waals surface area contributed by atoms with E-state index in [-0.39, 0.29) is 35.5 Å². The Morgan fingerprint density at radius 3 is 2.90 bits per heavy atom. The number of carboxylic acids is 1. The van der Waals surface area contributed by atoms with Gasteiger partial charge in [0.05, 0.1) is 16.6 Å². The molecule has 0 aliphatic carbocycles. The Morgan fingerprint density at radius 1 is 1.44 bits per heavy atom. The summed E-state index contributed by atoms with van der Waals surface area (Å²) in [5, 5.41) is 18.1. The smallest absolute Gasteiger partial charge is 0.278 e. The van der Waals surface area contributed by atoms with Gasteiger partial charge in [-0.15, -0.1) is 23.5 Å². The number of hydrogen-bond donors (Lipinski definition) is 2. The van der Waals surface area contributed by atoms with Crippen LogP contribution >= 0.6 is 35.1 Å². The minimum absolute atomic E-state index is 0.0277. The summed E-state index contributed by atoms with van der Waals surface area (Å²) in [6, 6.07) is 2.94. The molecule has 1 saturated heterocycles. The van der Waals surface area contributed by atoms with Crippen molar-refractivity contribution in [3.63, 3.8) is 0 Å². The van der Waals surface area contributed by atoms with Gasteiger partial charge in [-0.2, -0.15) is 13.9 Å². The van der Waals surface area contributed by atoms with Crippen molar-refractivity contribution in [3.8, 4) is 0 Å². The lowest BCUT2D eigenvalue weighted by Crippen LogP contribution is -2.71. The molecule has 2 amide bonds. The number of nitrogens with one attached hydrogen (secondary N) is 1. The fourth-order valence-electron chi connectivity index (χ4n) is 3.90. The molecular weight excluding hydrogens is 565 g/mol. The number of carbonyl (C=O) groups is 3. The Morgan fingerprint density at radius 2 is 2.23 bits per heavy atom. The van der Waals surface area contributed by atoms with E-state index in [2.05, 4.69) is 24.7 Å². The Kier molecular flexibility index (Phi) is 9.42. The molecule has 16 heteroatoms. The average molecular weight is 593 g/mol. The van der Waals surface area contributed by atoms with Crippen LogP contribution in [0, 0.1) is 0 Å². The van der Waals surface area contributed by atoms with Crippen molar-refractivity contribution >= 4 is 63.7 Å². The lowest BCUT2D eigenvalue weighted by Gasteiger charge is -2.50. The van der Waals surface area contributed by atoms with E-state index in [0.717, 1.165) is 28.7 Å². The van der Waals surface area contributed by atoms with Gasteiger partial charge in [0.1, 0.15) is 18.0 Å². The Balaban J connectivity index is 1.48. The highest BCUT2D eigenvalue weighted by atomic mass is 32.2. The van der Waals surface area contributed by atoms with Crippen molar-refractivity contribution in [3.05, 3.63) is 41.6 Å². The third-order valence-electron chi connectivity index (χ3n) is 5.69. The SMILES string of the molecule is CCON=C(C(=O)NC1C(=O)N2C(C(=O)[O-])=C(C[n+]3cccc(SCCN(C)C)c3)CS[C@H]12)c1nsc(N)n1. The quantitative estimate of drug-likeness (QED) is 0.101. The van der Waals surface area contributed by atoms with Crippen LogP contribution in [-0.2, 0) is 25.8 Å². The van der Waals surface area contributed by atoms with Crippen LogP contribution in [0.4, 0.5) is 5.13 Å². The molecule has 2 aliphatic heterocycles. The van der Waals surface area contributed by atoms with Crippen LogP contribution in [0.5, 0.6) is 0 Å². The zero-order chi connectivity index (χ0) is 28.1. The van der Waals surface area contributed by atoms with Crippen LogP contribution in [0.3, 0.4) is 0 Å². The third-order valence-corrected chi connectivity index (χ3v) is 8.54. The molecule has 0 radical (unpaired) electrons. The van der Waals surface area contributed by atoms with Gasteiger partial charge in [-0.25, -0.2) is 0 Å². The van der Waals surface area contributed by atoms with Crippen LogP contribution in [0.15, 0.2) is 45.8 Å². The number of thioether (sulfide) groups is 2. The summed E-state index contributed by atoms with van der Waals surface area (Å²) in [7, 11) is 4.03. The second-order valence-electron chi connectivity index (χ2n) is 8.78. The number of aliphatic carboxylic acids is 1. The van der Waals surface area contributed by atoms with Crippen molar-refractivity contribution in [2.24, 2.45) is 5.16 Å². The molecule has 4 heterocycles. The van der Waals surface area contributed by atoms with E-state index in [0.29, 0.717) is 11.3 Å². The van der Waals surface area contributed by atoms with Gasteiger partial charge in [0.15, 0.2) is 24.1 Å². The third kappa shape index (κ3) is 6.69. The molecule has 3 N–H and O–H groups in total. The number of anilines is 1. The molecular formula is C23H28N8O5S3. The molecule has 208 valence electrons. The van der Waals surface area contributed by atoms with Gasteiger partial charge in [-0.1, -0.05) is 5.16 Å². The molecule has 13 nitrogen and oxygen atoms in total. The van der Waals surface area contributed by atoms with Gasteiger partial charge in [-0.05, 0) is 27.1 Å². The van der Waals surface area contributed by atoms with E-state index < -0.39 is 29.2 Å². The Bertz CT molecular complexity index is 1310. The van der Waals surface area contributed by atoms with Crippen molar-refractivity contribution in [2.75, 3.05) is 44.5 Å². The highest BCUT2D eigenvalue weighted by molar-refractivity contribution is 8.00. The van der Waals surface area contributed by atoms with Crippen LogP contribution in [0.1, 0.15) is 12.7 Å². The van der Waals surface area contributed by atoms with Gasteiger partial charge in [0.25, 0.3) is 11.8 Å². The molecule has 2 aromatic rings. The molecule has 1 fully saturated rings. The zero-order valence-electron chi connectivity index (χ0n) is 21.5. The average Bonchev–Trinajstić information content (AvgIpc) is 3.32. The minimum atomic E-state index is -1.44. The Labute approximate surface area is 237 Å². The first-order valence-corrected chi connectivity index (χ1v) is 14.8. The fraction of sp³-hybridized carbons (Fsp3) is 0.435. The van der Waals surface area contributed by atoms with Crippen LogP contribution in [-0.4, -0.2) is 92.8 Å². The zero-order valence-corrected chi connectivity index (χ0v) is 24.0. The predicted molar refractivity (Wildman–Crippen MR) is 145 cm³/mol. The van der Waals surface area contributed by atoms with Gasteiger partial charge in [0.2, 0.25) is 11.5 Å². The number of hydrogen-bond acceptors (Lipinski definition) is 13. The number of rotatable bonds is 12. The topological polar surface area (TPSA) is 170 Å². The van der Waals surface area contributed by atoms with Crippen LogP contribution in [0.25, 0.3) is 0 Å². The summed E-state index contributed by atoms with van der Waals surface area (Å²) in [4.78, 5) is 51.6. The van der Waals surface area contributed by atoms with Crippen molar-refractivity contribution in [2.45, 2.75) is 29.8 Å². The molecule has 2 aliphatic rings. The maximum atomic E-state index is 13.1. The number of carbonyl (C=O) groups excluding carboxylic acids is 3. The molecule has 1 unspecified atom stereocenters. The number of fused-ring (bicyclic) bond motifs is 1. The number of β-lactam (4-membered cyclic amide) rings is 1. The summed E-state index contributed by atoms with van der Waals surface area (Å²) in [6.07, 6.45) is 3.81. The van der Waals surface area contributed by atoms with Gasteiger partial charge in [-0.3, -0.25) is 14.5 Å². The number of pyridine rings is 1. The van der Waals surface area contributed by atoms with E-state index in [1.165, 1.54) is 16.7 Å². The number of nitrogens with two attached hydrogens (primary N) is 1. The summed E-state index contributed by atoms with van der Waals surface area (Å²) >= 11 is 3.96. The fourth-order valence-corrected chi connectivity index (χ4v) is 6.74. The molecule has 0 bridgehead atoms. The summed E-state index contributed by atoms with van der Waals surface area (Å²) in [5.74, 6) is -1.49. The van der Waals surface area contributed by atoms with E-state index in [9.17, 15) is 19.5 Å². The summed E-state index contributed by atoms with van der Waals surface area (Å²) < 4.78 is 5.88. The summed E-state index contributed by atoms with van der Waals surface area (Å²) in [6.45, 7) is 3.11. The molecule has 39 heavy (non-hydrogen) atoms. The maximum Gasteiger partial charge on any atom is 0.278 e. The molecule has 0 saturated carbocycles. The van der Waals surface area contributed by atoms with E-state index in [1.807, 2.05) is 43.2 Å². The van der Waals surface area contributed by atoms with Crippen molar-refractivity contribution < 1.29 is 28.9 Å².